The van der Waals surface area contributed by atoms with Gasteiger partial charge in [0.2, 0.25) is 0 Å². The van der Waals surface area contributed by atoms with Gasteiger partial charge >= 0.3 is 5.69 Å². The van der Waals surface area contributed by atoms with E-state index in [2.05, 4.69) is 29.6 Å². The van der Waals surface area contributed by atoms with Gasteiger partial charge in [-0.25, -0.2) is 9.48 Å². The molecule has 29 heavy (non-hydrogen) atoms. The summed E-state index contributed by atoms with van der Waals surface area (Å²) in [6, 6.07) is 0. The van der Waals surface area contributed by atoms with Crippen LogP contribution in [0.5, 0.6) is 0 Å². The zero-order valence-corrected chi connectivity index (χ0v) is 20.5. The molecular formula is C20H39IN6O2. The van der Waals surface area contributed by atoms with Gasteiger partial charge in [-0.1, -0.05) is 13.8 Å². The highest BCUT2D eigenvalue weighted by Crippen LogP contribution is 2.15. The van der Waals surface area contributed by atoms with E-state index in [1.54, 1.807) is 4.68 Å². The molecule has 0 aliphatic carbocycles. The number of hydrogen-bond acceptors (Lipinski definition) is 4. The van der Waals surface area contributed by atoms with Crippen LogP contribution in [0, 0.1) is 11.8 Å². The molecule has 9 heteroatoms. The van der Waals surface area contributed by atoms with Crippen molar-refractivity contribution in [3.05, 3.63) is 16.3 Å². The fourth-order valence-electron chi connectivity index (χ4n) is 3.72. The maximum absolute atomic E-state index is 12.4. The SMILES string of the molecule is CCNC(=NCC(CCO)CC(C)C)NCCCn1nc2n(c1=O)CCCC2.I. The molecule has 0 bridgehead atoms. The van der Waals surface area contributed by atoms with Crippen LogP contribution in [0.3, 0.4) is 0 Å². The molecule has 1 unspecified atom stereocenters. The third kappa shape index (κ3) is 8.65. The first-order chi connectivity index (χ1) is 13.5. The standard InChI is InChI=1S/C20H38N6O2.HI/c1-4-21-19(23-15-17(9-13-27)14-16(2)3)22-10-7-12-26-20(28)25-11-6-5-8-18(25)24-26;/h16-17,27H,4-15H2,1-3H3,(H2,21,22,23);1H. The zero-order valence-electron chi connectivity index (χ0n) is 18.2. The molecule has 168 valence electrons. The predicted molar refractivity (Wildman–Crippen MR) is 128 cm³/mol. The van der Waals surface area contributed by atoms with Gasteiger partial charge < -0.3 is 15.7 Å². The first-order valence-electron chi connectivity index (χ1n) is 10.8. The molecule has 2 rings (SSSR count). The number of nitrogens with one attached hydrogen (secondary N) is 2. The van der Waals surface area contributed by atoms with Crippen molar-refractivity contribution in [1.82, 2.24) is 25.0 Å². The molecule has 1 aromatic heterocycles. The van der Waals surface area contributed by atoms with E-state index in [0.29, 0.717) is 24.9 Å². The summed E-state index contributed by atoms with van der Waals surface area (Å²) >= 11 is 0. The highest BCUT2D eigenvalue weighted by atomic mass is 127. The second-order valence-electron chi connectivity index (χ2n) is 8.04. The number of nitrogens with zero attached hydrogens (tertiary/aromatic N) is 4. The molecule has 0 fully saturated rings. The Kier molecular flexibility index (Phi) is 12.5. The Hall–Kier alpha value is -1.10. The van der Waals surface area contributed by atoms with E-state index in [9.17, 15) is 9.90 Å². The second kappa shape index (κ2) is 14.0. The number of guanidine groups is 1. The number of halogens is 1. The van der Waals surface area contributed by atoms with E-state index in [0.717, 1.165) is 69.9 Å². The van der Waals surface area contributed by atoms with E-state index in [4.69, 9.17) is 4.99 Å². The first-order valence-corrected chi connectivity index (χ1v) is 10.8. The van der Waals surface area contributed by atoms with Crippen molar-refractivity contribution in [3.8, 4) is 0 Å². The van der Waals surface area contributed by atoms with Crippen LogP contribution in [0.4, 0.5) is 0 Å². The van der Waals surface area contributed by atoms with Gasteiger partial charge in [0.15, 0.2) is 5.96 Å². The molecule has 3 N–H and O–H groups in total. The number of aliphatic hydroxyl groups is 1. The van der Waals surface area contributed by atoms with Crippen LogP contribution in [0.25, 0.3) is 0 Å². The largest absolute Gasteiger partial charge is 0.396 e. The van der Waals surface area contributed by atoms with Crippen LogP contribution in [0.1, 0.15) is 58.7 Å². The van der Waals surface area contributed by atoms with Crippen molar-refractivity contribution < 1.29 is 5.11 Å². The summed E-state index contributed by atoms with van der Waals surface area (Å²) in [6.07, 6.45) is 5.76. The molecule has 0 spiro atoms. The van der Waals surface area contributed by atoms with Crippen LogP contribution in [-0.4, -0.2) is 51.7 Å². The average Bonchev–Trinajstić information content (AvgIpc) is 2.99. The summed E-state index contributed by atoms with van der Waals surface area (Å²) < 4.78 is 3.42. The minimum Gasteiger partial charge on any atom is -0.396 e. The molecule has 0 radical (unpaired) electrons. The van der Waals surface area contributed by atoms with E-state index >= 15 is 0 Å². The lowest BCUT2D eigenvalue weighted by atomic mass is 9.94. The Morgan fingerprint density at radius 2 is 2.10 bits per heavy atom. The number of hydrogen-bond donors (Lipinski definition) is 3. The Morgan fingerprint density at radius 3 is 2.76 bits per heavy atom. The fraction of sp³-hybridized carbons (Fsp3) is 0.850. The summed E-state index contributed by atoms with van der Waals surface area (Å²) in [7, 11) is 0. The van der Waals surface area contributed by atoms with Crippen molar-refractivity contribution in [3.63, 3.8) is 0 Å². The Labute approximate surface area is 191 Å². The third-order valence-electron chi connectivity index (χ3n) is 5.06. The van der Waals surface area contributed by atoms with Gasteiger partial charge in [0.25, 0.3) is 0 Å². The summed E-state index contributed by atoms with van der Waals surface area (Å²) in [5.74, 6) is 2.72. The van der Waals surface area contributed by atoms with Crippen LogP contribution in [0.2, 0.25) is 0 Å². The quantitative estimate of drug-likeness (QED) is 0.179. The molecule has 0 saturated carbocycles. The van der Waals surface area contributed by atoms with Gasteiger partial charge in [0.05, 0.1) is 0 Å². The summed E-state index contributed by atoms with van der Waals surface area (Å²) in [6.45, 7) is 10.3. The van der Waals surface area contributed by atoms with Gasteiger partial charge in [-0.15, -0.1) is 24.0 Å². The first kappa shape index (κ1) is 25.9. The molecule has 0 saturated heterocycles. The molecule has 8 nitrogen and oxygen atoms in total. The van der Waals surface area contributed by atoms with Crippen molar-refractivity contribution in [2.75, 3.05) is 26.2 Å². The molecule has 1 atom stereocenters. The van der Waals surface area contributed by atoms with Crippen LogP contribution < -0.4 is 16.3 Å². The van der Waals surface area contributed by atoms with Gasteiger partial charge in [-0.3, -0.25) is 9.56 Å². The lowest BCUT2D eigenvalue weighted by molar-refractivity contribution is 0.245. The normalized spacial score (nSPS) is 15.0. The zero-order chi connectivity index (χ0) is 20.4. The minimum atomic E-state index is 0. The van der Waals surface area contributed by atoms with Crippen LogP contribution in [0.15, 0.2) is 9.79 Å². The fourth-order valence-corrected chi connectivity index (χ4v) is 3.72. The lowest BCUT2D eigenvalue weighted by Gasteiger charge is -2.17. The van der Waals surface area contributed by atoms with Gasteiger partial charge in [-0.2, -0.15) is 5.10 Å². The highest BCUT2D eigenvalue weighted by molar-refractivity contribution is 14.0. The summed E-state index contributed by atoms with van der Waals surface area (Å²) in [5, 5.41) is 20.4. The van der Waals surface area contributed by atoms with E-state index in [1.807, 2.05) is 11.5 Å². The van der Waals surface area contributed by atoms with Crippen molar-refractivity contribution in [2.24, 2.45) is 16.8 Å². The molecule has 0 aromatic carbocycles. The average molecular weight is 522 g/mol. The lowest BCUT2D eigenvalue weighted by Crippen LogP contribution is -2.38. The summed E-state index contributed by atoms with van der Waals surface area (Å²) in [5.41, 5.74) is 0.0239. The third-order valence-corrected chi connectivity index (χ3v) is 5.06. The van der Waals surface area contributed by atoms with E-state index in [-0.39, 0.29) is 36.3 Å². The molecule has 2 heterocycles. The number of rotatable bonds is 11. The van der Waals surface area contributed by atoms with Gasteiger partial charge in [-0.05, 0) is 50.9 Å². The summed E-state index contributed by atoms with van der Waals surface area (Å²) in [4.78, 5) is 17.1. The molecule has 1 aliphatic rings. The Balaban J connectivity index is 0.00000420. The van der Waals surface area contributed by atoms with Gasteiger partial charge in [0.1, 0.15) is 5.82 Å². The van der Waals surface area contributed by atoms with Gasteiger partial charge in [0, 0.05) is 45.8 Å². The molecule has 1 aliphatic heterocycles. The topological polar surface area (TPSA) is 96.5 Å². The van der Waals surface area contributed by atoms with Crippen molar-refractivity contribution in [2.45, 2.75) is 72.4 Å². The Morgan fingerprint density at radius 1 is 1.31 bits per heavy atom. The number of fused-ring (bicyclic) bond motifs is 1. The molecule has 0 amide bonds. The van der Waals surface area contributed by atoms with E-state index < -0.39 is 0 Å². The van der Waals surface area contributed by atoms with Crippen molar-refractivity contribution in [1.29, 1.82) is 0 Å². The second-order valence-corrected chi connectivity index (χ2v) is 8.04. The molecular weight excluding hydrogens is 483 g/mol. The number of aliphatic imine (C=N–C) groups is 1. The Bertz CT molecular complexity index is 670. The van der Waals surface area contributed by atoms with E-state index in [1.165, 1.54) is 0 Å². The van der Waals surface area contributed by atoms with Crippen molar-refractivity contribution >= 4 is 29.9 Å². The van der Waals surface area contributed by atoms with Crippen LogP contribution in [-0.2, 0) is 19.5 Å². The maximum Gasteiger partial charge on any atom is 0.345 e. The highest BCUT2D eigenvalue weighted by Gasteiger charge is 2.16. The predicted octanol–water partition coefficient (Wildman–Crippen LogP) is 1.99. The van der Waals surface area contributed by atoms with Crippen LogP contribution >= 0.6 is 24.0 Å². The minimum absolute atomic E-state index is 0. The monoisotopic (exact) mass is 522 g/mol. The number of aromatic nitrogens is 3. The smallest absolute Gasteiger partial charge is 0.345 e. The molecule has 1 aromatic rings. The maximum atomic E-state index is 12.4. The number of aryl methyl sites for hydroxylation is 2. The number of aliphatic hydroxyl groups excluding tert-OH is 1.